The van der Waals surface area contributed by atoms with Gasteiger partial charge in [-0.1, -0.05) is 0 Å². The summed E-state index contributed by atoms with van der Waals surface area (Å²) in [6.07, 6.45) is 1.46. The van der Waals surface area contributed by atoms with E-state index in [0.717, 1.165) is 0 Å². The van der Waals surface area contributed by atoms with Crippen molar-refractivity contribution in [3.05, 3.63) is 28.8 Å². The standard InChI is InChI=1S/C10H9N3O4/c1-6(14)13-10(16)12-5-3-4-8(12)9(11-13)17-7(2)15/h3-5H,1-2H3. The molecule has 0 fully saturated rings. The molecule has 0 aliphatic heterocycles. The van der Waals surface area contributed by atoms with Crippen LogP contribution in [0.5, 0.6) is 5.88 Å². The van der Waals surface area contributed by atoms with E-state index in [-0.39, 0.29) is 5.88 Å². The molecule has 0 spiro atoms. The van der Waals surface area contributed by atoms with Crippen molar-refractivity contribution in [1.29, 1.82) is 0 Å². The number of nitrogens with zero attached hydrogens (tertiary/aromatic N) is 3. The summed E-state index contributed by atoms with van der Waals surface area (Å²) in [5.74, 6) is -1.20. The van der Waals surface area contributed by atoms with E-state index in [4.69, 9.17) is 4.74 Å². The Morgan fingerprint density at radius 1 is 1.35 bits per heavy atom. The third-order valence-electron chi connectivity index (χ3n) is 2.08. The molecule has 0 amide bonds. The number of esters is 1. The predicted octanol–water partition coefficient (Wildman–Crippen LogP) is 0.0814. The molecule has 0 aliphatic carbocycles. The van der Waals surface area contributed by atoms with E-state index in [2.05, 4.69) is 5.10 Å². The molecule has 2 rings (SSSR count). The number of ether oxygens (including phenoxy) is 1. The van der Waals surface area contributed by atoms with E-state index in [9.17, 15) is 14.4 Å². The van der Waals surface area contributed by atoms with E-state index in [1.165, 1.54) is 24.4 Å². The summed E-state index contributed by atoms with van der Waals surface area (Å²) >= 11 is 0. The molecule has 0 saturated heterocycles. The number of hydrogen-bond donors (Lipinski definition) is 0. The molecular formula is C10H9N3O4. The SMILES string of the molecule is CC(=O)Oc1nn(C(C)=O)c(=O)n2cccc12. The second-order valence-corrected chi connectivity index (χ2v) is 3.38. The number of carbonyl (C=O) groups is 2. The minimum atomic E-state index is -0.603. The van der Waals surface area contributed by atoms with E-state index >= 15 is 0 Å². The molecule has 7 nitrogen and oxygen atoms in total. The number of carbonyl (C=O) groups excluding carboxylic acids is 2. The van der Waals surface area contributed by atoms with Crippen LogP contribution in [-0.4, -0.2) is 26.1 Å². The summed E-state index contributed by atoms with van der Waals surface area (Å²) in [5, 5.41) is 3.70. The first-order valence-corrected chi connectivity index (χ1v) is 4.80. The fourth-order valence-corrected chi connectivity index (χ4v) is 1.42. The molecule has 0 N–H and O–H groups in total. The Balaban J connectivity index is 2.78. The first-order valence-electron chi connectivity index (χ1n) is 4.80. The van der Waals surface area contributed by atoms with Crippen LogP contribution >= 0.6 is 0 Å². The van der Waals surface area contributed by atoms with E-state index in [0.29, 0.717) is 10.2 Å². The van der Waals surface area contributed by atoms with Crippen molar-refractivity contribution in [2.24, 2.45) is 0 Å². The lowest BCUT2D eigenvalue weighted by Gasteiger charge is -2.06. The van der Waals surface area contributed by atoms with Crippen molar-refractivity contribution in [3.8, 4) is 5.88 Å². The molecule has 0 bridgehead atoms. The van der Waals surface area contributed by atoms with Gasteiger partial charge in [-0.25, -0.2) is 4.79 Å². The molecule has 17 heavy (non-hydrogen) atoms. The summed E-state index contributed by atoms with van der Waals surface area (Å²) in [4.78, 5) is 33.9. The highest BCUT2D eigenvalue weighted by atomic mass is 16.5. The second-order valence-electron chi connectivity index (χ2n) is 3.38. The van der Waals surface area contributed by atoms with E-state index < -0.39 is 17.6 Å². The maximum atomic E-state index is 11.8. The maximum absolute atomic E-state index is 11.8. The summed E-state index contributed by atoms with van der Waals surface area (Å²) in [6.45, 7) is 2.41. The van der Waals surface area contributed by atoms with Gasteiger partial charge in [0.1, 0.15) is 5.52 Å². The van der Waals surface area contributed by atoms with Gasteiger partial charge in [0, 0.05) is 20.0 Å². The quantitative estimate of drug-likeness (QED) is 0.654. The Labute approximate surface area is 95.2 Å². The molecule has 0 aliphatic rings. The zero-order chi connectivity index (χ0) is 12.6. The van der Waals surface area contributed by atoms with Crippen molar-refractivity contribution in [3.63, 3.8) is 0 Å². The van der Waals surface area contributed by atoms with Crippen LogP contribution in [0, 0.1) is 0 Å². The van der Waals surface area contributed by atoms with Gasteiger partial charge in [0.15, 0.2) is 0 Å². The predicted molar refractivity (Wildman–Crippen MR) is 57.1 cm³/mol. The summed E-state index contributed by atoms with van der Waals surface area (Å²) in [6, 6.07) is 3.16. The van der Waals surface area contributed by atoms with Crippen LogP contribution in [0.15, 0.2) is 23.1 Å². The zero-order valence-corrected chi connectivity index (χ0v) is 9.21. The normalized spacial score (nSPS) is 10.5. The first kappa shape index (κ1) is 11.1. The third kappa shape index (κ3) is 1.82. The lowest BCUT2D eigenvalue weighted by molar-refractivity contribution is -0.132. The highest BCUT2D eigenvalue weighted by molar-refractivity contribution is 5.76. The molecule has 0 saturated carbocycles. The highest BCUT2D eigenvalue weighted by Crippen LogP contribution is 2.14. The molecule has 7 heteroatoms. The van der Waals surface area contributed by atoms with Crippen LogP contribution in [0.4, 0.5) is 0 Å². The molecule has 0 aromatic carbocycles. The molecule has 0 radical (unpaired) electrons. The van der Waals surface area contributed by atoms with Gasteiger partial charge in [-0.05, 0) is 12.1 Å². The topological polar surface area (TPSA) is 82.7 Å². The molecule has 2 heterocycles. The van der Waals surface area contributed by atoms with Gasteiger partial charge in [-0.15, -0.1) is 9.78 Å². The highest BCUT2D eigenvalue weighted by Gasteiger charge is 2.14. The number of fused-ring (bicyclic) bond motifs is 1. The largest absolute Gasteiger partial charge is 0.404 e. The fourth-order valence-electron chi connectivity index (χ4n) is 1.42. The Hall–Kier alpha value is -2.44. The summed E-state index contributed by atoms with van der Waals surface area (Å²) < 4.78 is 6.68. The molecule has 0 atom stereocenters. The molecule has 2 aromatic rings. The molecular weight excluding hydrogens is 226 g/mol. The Morgan fingerprint density at radius 2 is 2.06 bits per heavy atom. The van der Waals surface area contributed by atoms with Crippen LogP contribution in [0.2, 0.25) is 0 Å². The van der Waals surface area contributed by atoms with Gasteiger partial charge in [0.05, 0.1) is 0 Å². The lowest BCUT2D eigenvalue weighted by atomic mass is 10.5. The summed E-state index contributed by atoms with van der Waals surface area (Å²) in [7, 11) is 0. The Morgan fingerprint density at radius 3 is 2.65 bits per heavy atom. The maximum Gasteiger partial charge on any atom is 0.356 e. The Bertz CT molecular complexity index is 668. The van der Waals surface area contributed by atoms with Crippen LogP contribution < -0.4 is 10.4 Å². The van der Waals surface area contributed by atoms with Gasteiger partial charge >= 0.3 is 11.7 Å². The van der Waals surface area contributed by atoms with Gasteiger partial charge in [0.25, 0.3) is 5.88 Å². The minimum absolute atomic E-state index is 0.0719. The van der Waals surface area contributed by atoms with E-state index in [1.807, 2.05) is 0 Å². The second kappa shape index (κ2) is 3.85. The van der Waals surface area contributed by atoms with Gasteiger partial charge in [-0.3, -0.25) is 14.0 Å². The lowest BCUT2D eigenvalue weighted by Crippen LogP contribution is -2.32. The Kier molecular flexibility index (Phi) is 2.51. The van der Waals surface area contributed by atoms with Crippen LogP contribution in [0.3, 0.4) is 0 Å². The number of aromatic nitrogens is 3. The van der Waals surface area contributed by atoms with Gasteiger partial charge < -0.3 is 4.74 Å². The summed E-state index contributed by atoms with van der Waals surface area (Å²) in [5.41, 5.74) is -0.267. The number of rotatable bonds is 1. The van der Waals surface area contributed by atoms with Gasteiger partial charge in [0.2, 0.25) is 5.91 Å². The molecule has 88 valence electrons. The molecule has 0 unspecified atom stereocenters. The van der Waals surface area contributed by atoms with Crippen LogP contribution in [0.25, 0.3) is 5.52 Å². The smallest absolute Gasteiger partial charge is 0.356 e. The van der Waals surface area contributed by atoms with Crippen LogP contribution in [0.1, 0.15) is 18.6 Å². The van der Waals surface area contributed by atoms with Crippen molar-refractivity contribution in [1.82, 2.24) is 14.2 Å². The van der Waals surface area contributed by atoms with Crippen molar-refractivity contribution < 1.29 is 14.3 Å². The monoisotopic (exact) mass is 235 g/mol. The average Bonchev–Trinajstić information content (AvgIpc) is 2.70. The molecule has 2 aromatic heterocycles. The fraction of sp³-hybridized carbons (Fsp3) is 0.200. The van der Waals surface area contributed by atoms with Crippen LogP contribution in [-0.2, 0) is 4.79 Å². The van der Waals surface area contributed by atoms with Crippen molar-refractivity contribution >= 4 is 17.4 Å². The third-order valence-corrected chi connectivity index (χ3v) is 2.08. The van der Waals surface area contributed by atoms with Gasteiger partial charge in [-0.2, -0.15) is 0 Å². The number of hydrogen-bond acceptors (Lipinski definition) is 5. The average molecular weight is 235 g/mol. The zero-order valence-electron chi connectivity index (χ0n) is 9.21. The first-order chi connectivity index (χ1) is 8.00. The van der Waals surface area contributed by atoms with E-state index in [1.54, 1.807) is 12.1 Å². The minimum Gasteiger partial charge on any atom is -0.404 e. The van der Waals surface area contributed by atoms with Crippen molar-refractivity contribution in [2.45, 2.75) is 13.8 Å². The van der Waals surface area contributed by atoms with Crippen molar-refractivity contribution in [2.75, 3.05) is 0 Å².